The van der Waals surface area contributed by atoms with Crippen LogP contribution in [0.15, 0.2) is 169 Å². The summed E-state index contributed by atoms with van der Waals surface area (Å²) in [6.07, 6.45) is 12.1. The summed E-state index contributed by atoms with van der Waals surface area (Å²) in [4.78, 5) is 2.85. The fraction of sp³-hybridized carbons (Fsp3) is 0.227. The van der Waals surface area contributed by atoms with Crippen LogP contribution < -0.4 is 26.5 Å². The van der Waals surface area contributed by atoms with E-state index in [1.807, 2.05) is 0 Å². The molecule has 2 atom stereocenters. The van der Waals surface area contributed by atoms with Crippen LogP contribution >= 0.6 is 15.8 Å². The third kappa shape index (κ3) is 7.93. The molecule has 5 aromatic carbocycles. The van der Waals surface area contributed by atoms with Crippen molar-refractivity contribution < 1.29 is 0 Å². The Hall–Kier alpha value is -3.60. The maximum absolute atomic E-state index is 2.85. The van der Waals surface area contributed by atoms with Gasteiger partial charge in [-0.3, -0.25) is 4.90 Å². The van der Waals surface area contributed by atoms with E-state index in [2.05, 4.69) is 183 Å². The summed E-state index contributed by atoms with van der Waals surface area (Å²) < 4.78 is 0. The third-order valence-electron chi connectivity index (χ3n) is 9.07. The van der Waals surface area contributed by atoms with E-state index in [0.717, 1.165) is 13.1 Å². The first-order valence-electron chi connectivity index (χ1n) is 17.3. The van der Waals surface area contributed by atoms with Crippen LogP contribution in [-0.4, -0.2) is 18.0 Å². The van der Waals surface area contributed by atoms with E-state index in [-0.39, 0.29) is 12.0 Å². The van der Waals surface area contributed by atoms with Gasteiger partial charge in [0.2, 0.25) is 0 Å². The summed E-state index contributed by atoms with van der Waals surface area (Å²) in [5.41, 5.74) is 1.48. The van der Waals surface area contributed by atoms with Crippen LogP contribution in [0.5, 0.6) is 0 Å². The summed E-state index contributed by atoms with van der Waals surface area (Å²) in [5.74, 6) is 0.278. The second-order valence-electron chi connectivity index (χ2n) is 12.3. The highest BCUT2D eigenvalue weighted by Gasteiger charge is 2.37. The molecule has 2 unspecified atom stereocenters. The lowest BCUT2D eigenvalue weighted by Crippen LogP contribution is -2.38. The molecular formula is C44H47NP2. The van der Waals surface area contributed by atoms with Gasteiger partial charge in [-0.05, 0) is 79.2 Å². The van der Waals surface area contributed by atoms with E-state index in [1.165, 1.54) is 57.8 Å². The molecule has 0 amide bonds. The predicted octanol–water partition coefficient (Wildman–Crippen LogP) is 9.59. The first kappa shape index (κ1) is 33.3. The number of benzene rings is 5. The third-order valence-corrected chi connectivity index (χ3v) is 14.2. The summed E-state index contributed by atoms with van der Waals surface area (Å²) in [6.45, 7) is 6.87. The molecule has 0 bridgehead atoms. The molecule has 47 heavy (non-hydrogen) atoms. The molecule has 0 saturated heterocycles. The van der Waals surface area contributed by atoms with Crippen molar-refractivity contribution in [2.75, 3.05) is 13.1 Å². The minimum atomic E-state index is -0.746. The van der Waals surface area contributed by atoms with Crippen molar-refractivity contribution in [1.82, 2.24) is 4.90 Å². The van der Waals surface area contributed by atoms with Gasteiger partial charge in [0, 0.05) is 12.0 Å². The number of nitrogens with zero attached hydrogens (tertiary/aromatic N) is 1. The van der Waals surface area contributed by atoms with Crippen LogP contribution in [0.3, 0.4) is 0 Å². The first-order valence-corrected chi connectivity index (χ1v) is 20.0. The first-order chi connectivity index (χ1) is 23.3. The van der Waals surface area contributed by atoms with Gasteiger partial charge in [0.25, 0.3) is 0 Å². The van der Waals surface area contributed by atoms with Gasteiger partial charge < -0.3 is 0 Å². The van der Waals surface area contributed by atoms with E-state index in [1.54, 1.807) is 5.31 Å². The Morgan fingerprint density at radius 2 is 0.957 bits per heavy atom. The molecule has 0 N–H and O–H groups in total. The minimum Gasteiger partial charge on any atom is -0.295 e. The maximum atomic E-state index is 2.85. The largest absolute Gasteiger partial charge is 0.295 e. The van der Waals surface area contributed by atoms with Crippen LogP contribution in [0.1, 0.15) is 51.1 Å². The highest BCUT2D eigenvalue weighted by Crippen LogP contribution is 2.54. The van der Waals surface area contributed by atoms with Crippen molar-refractivity contribution in [3.63, 3.8) is 0 Å². The second kappa shape index (κ2) is 17.0. The zero-order valence-electron chi connectivity index (χ0n) is 27.8. The Kier molecular flexibility index (Phi) is 12.0. The normalized spacial score (nSPS) is 15.0. The molecule has 1 aliphatic rings. The zero-order chi connectivity index (χ0) is 32.3. The topological polar surface area (TPSA) is 3.24 Å². The van der Waals surface area contributed by atoms with Crippen molar-refractivity contribution in [1.29, 1.82) is 0 Å². The highest BCUT2D eigenvalue weighted by atomic mass is 31.1. The summed E-state index contributed by atoms with van der Waals surface area (Å²) in [7, 11) is -1.45. The van der Waals surface area contributed by atoms with Crippen molar-refractivity contribution >= 4 is 42.4 Å². The summed E-state index contributed by atoms with van der Waals surface area (Å²) in [6, 6.07) is 54.6. The summed E-state index contributed by atoms with van der Waals surface area (Å²) >= 11 is 0. The molecule has 6 rings (SSSR count). The van der Waals surface area contributed by atoms with Gasteiger partial charge in [-0.15, -0.1) is 0 Å². The number of hydrogen-bond acceptors (Lipinski definition) is 1. The van der Waals surface area contributed by atoms with Gasteiger partial charge in [0.05, 0.1) is 0 Å². The van der Waals surface area contributed by atoms with Gasteiger partial charge in [0.1, 0.15) is 0 Å². The molecular weight excluding hydrogens is 604 g/mol. The lowest BCUT2D eigenvalue weighted by Gasteiger charge is -2.40. The smallest absolute Gasteiger partial charge is 0.0458 e. The maximum Gasteiger partial charge on any atom is 0.0458 e. The zero-order valence-corrected chi connectivity index (χ0v) is 29.6. The Morgan fingerprint density at radius 3 is 1.43 bits per heavy atom. The van der Waals surface area contributed by atoms with Crippen molar-refractivity contribution in [2.45, 2.75) is 45.6 Å². The van der Waals surface area contributed by atoms with Gasteiger partial charge >= 0.3 is 0 Å². The Bertz CT molecular complexity index is 1630. The Labute approximate surface area is 285 Å². The fourth-order valence-corrected chi connectivity index (χ4v) is 11.9. The Balaban J connectivity index is 1.54. The number of allylic oxidation sites excluding steroid dienone is 2. The molecule has 5 aromatic rings. The van der Waals surface area contributed by atoms with Crippen LogP contribution in [0, 0.1) is 5.92 Å². The van der Waals surface area contributed by atoms with Crippen LogP contribution in [-0.2, 0) is 0 Å². The molecule has 0 radical (unpaired) electrons. The lowest BCUT2D eigenvalue weighted by molar-refractivity contribution is 0.170. The number of hydrogen-bond donors (Lipinski definition) is 0. The molecule has 0 aromatic heterocycles. The van der Waals surface area contributed by atoms with Gasteiger partial charge in [0.15, 0.2) is 0 Å². The van der Waals surface area contributed by atoms with Crippen LogP contribution in [0.25, 0.3) is 0 Å². The standard InChI is InChI=1S/C44H47NP2/c1-3-5-34-45(35-6-4-2)44(41-31-21-33-43(41)47(38-26-15-9-16-27-38)39-28-17-10-18-29-39)40-30-19-20-32-42(40)46(36-22-11-7-12-23-36)37-24-13-8-14-25-37/h7-33,41,44H,3-6,34-35H2,1-2H3. The second-order valence-corrected chi connectivity index (χ2v) is 16.7. The van der Waals surface area contributed by atoms with Crippen molar-refractivity contribution in [3.8, 4) is 0 Å². The highest BCUT2D eigenvalue weighted by molar-refractivity contribution is 7.80. The molecule has 238 valence electrons. The van der Waals surface area contributed by atoms with Crippen molar-refractivity contribution in [3.05, 3.63) is 175 Å². The molecule has 0 heterocycles. The molecule has 1 aliphatic carbocycles. The average molecular weight is 652 g/mol. The average Bonchev–Trinajstić information content (AvgIpc) is 3.60. The number of unbranched alkanes of at least 4 members (excludes halogenated alkanes) is 2. The van der Waals surface area contributed by atoms with E-state index in [4.69, 9.17) is 0 Å². The number of rotatable bonds is 15. The fourth-order valence-electron chi connectivity index (χ4n) is 6.83. The minimum absolute atomic E-state index is 0.240. The van der Waals surface area contributed by atoms with Gasteiger partial charge in [-0.2, -0.15) is 0 Å². The predicted molar refractivity (Wildman–Crippen MR) is 209 cm³/mol. The van der Waals surface area contributed by atoms with Crippen molar-refractivity contribution in [2.24, 2.45) is 5.92 Å². The molecule has 0 saturated carbocycles. The van der Waals surface area contributed by atoms with Gasteiger partial charge in [-0.25, -0.2) is 0 Å². The lowest BCUT2D eigenvalue weighted by atomic mass is 9.91. The molecule has 3 heteroatoms. The van der Waals surface area contributed by atoms with Crippen LogP contribution in [0.2, 0.25) is 0 Å². The van der Waals surface area contributed by atoms with Gasteiger partial charge in [-0.1, -0.05) is 191 Å². The Morgan fingerprint density at radius 1 is 0.532 bits per heavy atom. The SMILES string of the molecule is CCCCN(CCCC)C(c1ccccc1P(c1ccccc1)c1ccccc1)C1C=CC=C1P(c1ccccc1)c1ccccc1. The van der Waals surface area contributed by atoms with E-state index in [0.29, 0.717) is 0 Å². The monoisotopic (exact) mass is 651 g/mol. The quantitative estimate of drug-likeness (QED) is 0.102. The summed E-state index contributed by atoms with van der Waals surface area (Å²) in [5, 5.41) is 8.69. The van der Waals surface area contributed by atoms with Crippen LogP contribution in [0.4, 0.5) is 0 Å². The van der Waals surface area contributed by atoms with E-state index in [9.17, 15) is 0 Å². The molecule has 0 spiro atoms. The molecule has 1 nitrogen and oxygen atoms in total. The molecule has 0 fully saturated rings. The van der Waals surface area contributed by atoms with E-state index < -0.39 is 15.8 Å². The van der Waals surface area contributed by atoms with E-state index >= 15 is 0 Å². The molecule has 0 aliphatic heterocycles.